The number of nitrogens with zero attached hydrogens (tertiary/aromatic N) is 2. The summed E-state index contributed by atoms with van der Waals surface area (Å²) in [6.07, 6.45) is -2.75. The summed E-state index contributed by atoms with van der Waals surface area (Å²) in [4.78, 5) is 29.4. The van der Waals surface area contributed by atoms with Crippen LogP contribution in [0, 0.1) is 0 Å². The Morgan fingerprint density at radius 3 is 2.58 bits per heavy atom. The second-order valence-electron chi connectivity index (χ2n) is 8.98. The van der Waals surface area contributed by atoms with Gasteiger partial charge in [0.25, 0.3) is 0 Å². The highest BCUT2D eigenvalue weighted by atomic mass is 35.5. The molecule has 1 N–H and O–H groups in total. The van der Waals surface area contributed by atoms with Gasteiger partial charge in [0.05, 0.1) is 11.6 Å². The number of hydrogen-bond donors (Lipinski definition) is 1. The van der Waals surface area contributed by atoms with Crippen LogP contribution in [0.5, 0.6) is 0 Å². The van der Waals surface area contributed by atoms with E-state index in [1.165, 1.54) is 17.0 Å². The van der Waals surface area contributed by atoms with Gasteiger partial charge in [0.1, 0.15) is 17.4 Å². The molecule has 3 aromatic rings. The van der Waals surface area contributed by atoms with Crippen LogP contribution < -0.4 is 5.32 Å². The summed E-state index contributed by atoms with van der Waals surface area (Å²) in [5, 5.41) is 3.82. The number of fused-ring (bicyclic) bond motifs is 1. The molecule has 4 rings (SSSR count). The zero-order valence-corrected chi connectivity index (χ0v) is 20.7. The average Bonchev–Trinajstić information content (AvgIpc) is 3.49. The fraction of sp³-hybridized carbons (Fsp3) is 0.385. The van der Waals surface area contributed by atoms with Crippen LogP contribution in [0.1, 0.15) is 49.1 Å². The highest BCUT2D eigenvalue weighted by molar-refractivity contribution is 6.30. The van der Waals surface area contributed by atoms with Gasteiger partial charge in [-0.15, -0.1) is 0 Å². The summed E-state index contributed by atoms with van der Waals surface area (Å²) < 4.78 is 44.9. The molecule has 0 spiro atoms. The molecule has 2 atom stereocenters. The molecule has 192 valence electrons. The number of halogens is 4. The minimum Gasteiger partial charge on any atom is -0.459 e. The molecule has 0 unspecified atom stereocenters. The fourth-order valence-corrected chi connectivity index (χ4v) is 4.61. The number of alkyl halides is 3. The predicted molar refractivity (Wildman–Crippen MR) is 130 cm³/mol. The minimum atomic E-state index is -4.46. The number of rotatable bonds is 6. The van der Waals surface area contributed by atoms with Crippen LogP contribution >= 0.6 is 11.6 Å². The molecule has 0 aliphatic carbocycles. The molecule has 1 fully saturated rings. The SMILES string of the molecule is CC[C@H](NC(=O)N1CCC[C@@H]1C(=O)N(C)Cc1ccc(Cl)cc1)c1cc2cc(C(F)(F)F)ccc2o1. The molecule has 3 amide bonds. The van der Waals surface area contributed by atoms with E-state index in [0.717, 1.165) is 17.7 Å². The van der Waals surface area contributed by atoms with Crippen LogP contribution in [0.2, 0.25) is 5.02 Å². The van der Waals surface area contributed by atoms with Crippen molar-refractivity contribution in [1.82, 2.24) is 15.1 Å². The van der Waals surface area contributed by atoms with Gasteiger partial charge in [-0.2, -0.15) is 13.2 Å². The minimum absolute atomic E-state index is 0.158. The third-order valence-corrected chi connectivity index (χ3v) is 6.67. The topological polar surface area (TPSA) is 65.8 Å². The van der Waals surface area contributed by atoms with Gasteiger partial charge in [-0.25, -0.2) is 4.79 Å². The Balaban J connectivity index is 1.45. The van der Waals surface area contributed by atoms with Gasteiger partial charge in [0.15, 0.2) is 0 Å². The number of carbonyl (C=O) groups is 2. The molecule has 2 heterocycles. The zero-order valence-electron chi connectivity index (χ0n) is 19.9. The summed E-state index contributed by atoms with van der Waals surface area (Å²) in [7, 11) is 1.70. The number of nitrogens with one attached hydrogen (secondary N) is 1. The Labute approximate surface area is 212 Å². The first kappa shape index (κ1) is 25.9. The van der Waals surface area contributed by atoms with Crippen molar-refractivity contribution in [3.8, 4) is 0 Å². The van der Waals surface area contributed by atoms with E-state index < -0.39 is 29.9 Å². The van der Waals surface area contributed by atoms with Crippen LogP contribution in [-0.2, 0) is 17.5 Å². The first-order valence-electron chi connectivity index (χ1n) is 11.7. The van der Waals surface area contributed by atoms with E-state index in [0.29, 0.717) is 54.1 Å². The van der Waals surface area contributed by atoms with Crippen molar-refractivity contribution >= 4 is 34.5 Å². The van der Waals surface area contributed by atoms with E-state index in [1.54, 1.807) is 24.1 Å². The van der Waals surface area contributed by atoms with Crippen LogP contribution in [0.3, 0.4) is 0 Å². The van der Waals surface area contributed by atoms with Crippen molar-refractivity contribution in [2.45, 2.75) is 51.0 Å². The Morgan fingerprint density at radius 1 is 1.19 bits per heavy atom. The molecule has 36 heavy (non-hydrogen) atoms. The summed E-state index contributed by atoms with van der Waals surface area (Å²) in [5.74, 6) is 0.205. The second-order valence-corrected chi connectivity index (χ2v) is 9.42. The first-order chi connectivity index (χ1) is 17.1. The van der Waals surface area contributed by atoms with Crippen LogP contribution in [-0.4, -0.2) is 41.4 Å². The van der Waals surface area contributed by atoms with Gasteiger partial charge in [0, 0.05) is 30.5 Å². The standard InChI is InChI=1S/C26H27ClF3N3O3/c1-3-20(23-14-17-13-18(26(28,29)30)8-11-22(17)36-23)31-25(35)33-12-4-5-21(33)24(34)32(2)15-16-6-9-19(27)10-7-16/h6-11,13-14,20-21H,3-5,12,15H2,1-2H3,(H,31,35)/t20-,21+/m0/s1. The van der Waals surface area contributed by atoms with E-state index in [-0.39, 0.29) is 5.91 Å². The lowest BCUT2D eigenvalue weighted by Gasteiger charge is -2.29. The van der Waals surface area contributed by atoms with E-state index in [2.05, 4.69) is 5.32 Å². The Bertz CT molecular complexity index is 1240. The normalized spacial score (nSPS) is 16.8. The van der Waals surface area contributed by atoms with E-state index >= 15 is 0 Å². The molecular formula is C26H27ClF3N3O3. The maximum atomic E-state index is 13.2. The van der Waals surface area contributed by atoms with Crippen molar-refractivity contribution < 1.29 is 27.2 Å². The van der Waals surface area contributed by atoms with Crippen LogP contribution in [0.15, 0.2) is 52.9 Å². The number of likely N-dealkylation sites (N-methyl/N-ethyl adjacent to an activating group) is 1. The van der Waals surface area contributed by atoms with Gasteiger partial charge in [-0.1, -0.05) is 30.7 Å². The summed E-state index contributed by atoms with van der Waals surface area (Å²) in [6.45, 7) is 2.66. The first-order valence-corrected chi connectivity index (χ1v) is 12.1. The van der Waals surface area contributed by atoms with Crippen LogP contribution in [0.4, 0.5) is 18.0 Å². The lowest BCUT2D eigenvalue weighted by Crippen LogP contribution is -2.50. The molecule has 2 aromatic carbocycles. The Hall–Kier alpha value is -3.20. The number of amides is 3. The second kappa shape index (κ2) is 10.4. The van der Waals surface area contributed by atoms with Crippen molar-refractivity contribution in [3.05, 3.63) is 70.4 Å². The summed E-state index contributed by atoms with van der Waals surface area (Å²) in [6, 6.07) is 10.5. The van der Waals surface area contributed by atoms with Crippen molar-refractivity contribution in [2.75, 3.05) is 13.6 Å². The highest BCUT2D eigenvalue weighted by Gasteiger charge is 2.37. The lowest BCUT2D eigenvalue weighted by atomic mass is 10.1. The number of carbonyl (C=O) groups excluding carboxylic acids is 2. The van der Waals surface area contributed by atoms with Crippen LogP contribution in [0.25, 0.3) is 11.0 Å². The average molecular weight is 522 g/mol. The van der Waals surface area contributed by atoms with Gasteiger partial charge in [-0.05, 0) is 61.2 Å². The molecule has 6 nitrogen and oxygen atoms in total. The maximum Gasteiger partial charge on any atom is 0.416 e. The van der Waals surface area contributed by atoms with E-state index in [4.69, 9.17) is 16.0 Å². The molecular weight excluding hydrogens is 495 g/mol. The lowest BCUT2D eigenvalue weighted by molar-refractivity contribution is -0.137. The number of likely N-dealkylation sites (tertiary alicyclic amines) is 1. The smallest absolute Gasteiger partial charge is 0.416 e. The summed E-state index contributed by atoms with van der Waals surface area (Å²) >= 11 is 5.93. The van der Waals surface area contributed by atoms with E-state index in [9.17, 15) is 22.8 Å². The van der Waals surface area contributed by atoms with Gasteiger partial charge in [-0.3, -0.25) is 4.79 Å². The van der Waals surface area contributed by atoms with Gasteiger partial charge < -0.3 is 19.5 Å². The third-order valence-electron chi connectivity index (χ3n) is 6.42. The zero-order chi connectivity index (χ0) is 26.0. The molecule has 1 aliphatic rings. The summed E-state index contributed by atoms with van der Waals surface area (Å²) in [5.41, 5.74) is 0.471. The molecule has 0 bridgehead atoms. The number of benzene rings is 2. The molecule has 1 aromatic heterocycles. The molecule has 1 saturated heterocycles. The van der Waals surface area contributed by atoms with Gasteiger partial charge in [0.2, 0.25) is 5.91 Å². The number of hydrogen-bond acceptors (Lipinski definition) is 3. The fourth-order valence-electron chi connectivity index (χ4n) is 4.48. The van der Waals surface area contributed by atoms with Crippen molar-refractivity contribution in [2.24, 2.45) is 0 Å². The molecule has 0 saturated carbocycles. The predicted octanol–water partition coefficient (Wildman–Crippen LogP) is 6.39. The molecule has 1 aliphatic heterocycles. The van der Waals surface area contributed by atoms with Gasteiger partial charge >= 0.3 is 12.2 Å². The van der Waals surface area contributed by atoms with E-state index in [1.807, 2.05) is 19.1 Å². The third kappa shape index (κ3) is 5.61. The maximum absolute atomic E-state index is 13.2. The number of furan rings is 1. The Kier molecular flexibility index (Phi) is 7.49. The number of urea groups is 1. The molecule has 10 heteroatoms. The van der Waals surface area contributed by atoms with Crippen molar-refractivity contribution in [3.63, 3.8) is 0 Å². The molecule has 0 radical (unpaired) electrons. The van der Waals surface area contributed by atoms with Crippen molar-refractivity contribution in [1.29, 1.82) is 0 Å². The largest absolute Gasteiger partial charge is 0.459 e. The highest BCUT2D eigenvalue weighted by Crippen LogP contribution is 2.34. The Morgan fingerprint density at radius 2 is 1.92 bits per heavy atom. The monoisotopic (exact) mass is 521 g/mol. The quantitative estimate of drug-likeness (QED) is 0.409.